The highest BCUT2D eigenvalue weighted by Gasteiger charge is 2.10. The van der Waals surface area contributed by atoms with Crippen molar-refractivity contribution in [3.63, 3.8) is 0 Å². The summed E-state index contributed by atoms with van der Waals surface area (Å²) in [6, 6.07) is 3.81. The zero-order valence-electron chi connectivity index (χ0n) is 10.9. The fourth-order valence-corrected chi connectivity index (χ4v) is 1.79. The minimum absolute atomic E-state index is 0.108. The van der Waals surface area contributed by atoms with Gasteiger partial charge in [0.05, 0.1) is 11.8 Å². The SMILES string of the molecule is CC(C)C(O)CCNC(=O)Nc1cc(Br)ccc1F. The summed E-state index contributed by atoms with van der Waals surface area (Å²) in [5.41, 5.74) is 0.108. The van der Waals surface area contributed by atoms with Crippen molar-refractivity contribution in [1.82, 2.24) is 5.32 Å². The van der Waals surface area contributed by atoms with Crippen LogP contribution in [-0.4, -0.2) is 23.8 Å². The van der Waals surface area contributed by atoms with Crippen LogP contribution in [0.3, 0.4) is 0 Å². The Hall–Kier alpha value is -1.14. The maximum atomic E-state index is 13.4. The van der Waals surface area contributed by atoms with Gasteiger partial charge < -0.3 is 15.7 Å². The minimum atomic E-state index is -0.499. The second-order valence-electron chi connectivity index (χ2n) is 4.61. The van der Waals surface area contributed by atoms with Gasteiger partial charge in [0, 0.05) is 11.0 Å². The standard InChI is InChI=1S/C13H18BrFN2O2/c1-8(2)12(18)5-6-16-13(19)17-11-7-9(14)3-4-10(11)15/h3-4,7-8,12,18H,5-6H2,1-2H3,(H2,16,17,19). The minimum Gasteiger partial charge on any atom is -0.393 e. The molecule has 1 atom stereocenters. The van der Waals surface area contributed by atoms with Gasteiger partial charge in [0.2, 0.25) is 0 Å². The fourth-order valence-electron chi connectivity index (χ4n) is 1.43. The molecule has 0 fully saturated rings. The second-order valence-corrected chi connectivity index (χ2v) is 5.52. The van der Waals surface area contributed by atoms with Crippen LogP contribution in [0.1, 0.15) is 20.3 Å². The number of carbonyl (C=O) groups is 1. The normalized spacial score (nSPS) is 12.3. The number of anilines is 1. The molecule has 3 N–H and O–H groups in total. The molecule has 19 heavy (non-hydrogen) atoms. The van der Waals surface area contributed by atoms with E-state index in [1.54, 1.807) is 6.07 Å². The number of aliphatic hydroxyl groups is 1. The van der Waals surface area contributed by atoms with E-state index in [0.717, 1.165) is 0 Å². The lowest BCUT2D eigenvalue weighted by atomic mass is 10.0. The molecule has 0 aliphatic rings. The predicted octanol–water partition coefficient (Wildman–Crippen LogP) is 3.12. The van der Waals surface area contributed by atoms with Crippen LogP contribution in [0, 0.1) is 11.7 Å². The smallest absolute Gasteiger partial charge is 0.319 e. The van der Waals surface area contributed by atoms with Crippen LogP contribution in [0.2, 0.25) is 0 Å². The summed E-state index contributed by atoms with van der Waals surface area (Å²) in [4.78, 5) is 11.5. The first-order valence-electron chi connectivity index (χ1n) is 6.08. The summed E-state index contributed by atoms with van der Waals surface area (Å²) in [5, 5.41) is 14.6. The number of amides is 2. The lowest BCUT2D eigenvalue weighted by Gasteiger charge is -2.14. The molecule has 0 aromatic heterocycles. The summed E-state index contributed by atoms with van der Waals surface area (Å²) in [7, 11) is 0. The fraction of sp³-hybridized carbons (Fsp3) is 0.462. The Morgan fingerprint density at radius 2 is 2.16 bits per heavy atom. The van der Waals surface area contributed by atoms with Gasteiger partial charge in [0.15, 0.2) is 0 Å². The Morgan fingerprint density at radius 3 is 2.79 bits per heavy atom. The van der Waals surface area contributed by atoms with Crippen molar-refractivity contribution in [2.24, 2.45) is 5.92 Å². The molecule has 6 heteroatoms. The van der Waals surface area contributed by atoms with Crippen LogP contribution in [-0.2, 0) is 0 Å². The summed E-state index contributed by atoms with van der Waals surface area (Å²) in [6.45, 7) is 4.14. The first kappa shape index (κ1) is 15.9. The molecule has 2 amide bonds. The van der Waals surface area contributed by atoms with Crippen molar-refractivity contribution in [2.45, 2.75) is 26.4 Å². The Morgan fingerprint density at radius 1 is 1.47 bits per heavy atom. The molecule has 0 saturated heterocycles. The molecule has 0 aliphatic carbocycles. The average Bonchev–Trinajstić information content (AvgIpc) is 2.33. The first-order valence-corrected chi connectivity index (χ1v) is 6.87. The van der Waals surface area contributed by atoms with Crippen molar-refractivity contribution < 1.29 is 14.3 Å². The average molecular weight is 333 g/mol. The van der Waals surface area contributed by atoms with Gasteiger partial charge >= 0.3 is 6.03 Å². The Balaban J connectivity index is 2.41. The second kappa shape index (κ2) is 7.45. The van der Waals surface area contributed by atoms with E-state index >= 15 is 0 Å². The molecule has 0 spiro atoms. The van der Waals surface area contributed by atoms with Gasteiger partial charge in [-0.05, 0) is 30.5 Å². The molecule has 106 valence electrons. The number of urea groups is 1. The third-order valence-corrected chi connectivity index (χ3v) is 3.17. The summed E-state index contributed by atoms with van der Waals surface area (Å²) in [5.74, 6) is -0.354. The lowest BCUT2D eigenvalue weighted by Crippen LogP contribution is -2.32. The third-order valence-electron chi connectivity index (χ3n) is 2.67. The van der Waals surface area contributed by atoms with E-state index in [9.17, 15) is 14.3 Å². The van der Waals surface area contributed by atoms with E-state index in [1.807, 2.05) is 13.8 Å². The number of nitrogens with one attached hydrogen (secondary N) is 2. The summed E-state index contributed by atoms with van der Waals surface area (Å²) < 4.78 is 14.1. The number of hydrogen-bond acceptors (Lipinski definition) is 2. The molecular weight excluding hydrogens is 315 g/mol. The Kier molecular flexibility index (Phi) is 6.24. The highest BCUT2D eigenvalue weighted by molar-refractivity contribution is 9.10. The summed E-state index contributed by atoms with van der Waals surface area (Å²) >= 11 is 3.20. The quantitative estimate of drug-likeness (QED) is 0.775. The maximum Gasteiger partial charge on any atom is 0.319 e. The number of rotatable bonds is 5. The van der Waals surface area contributed by atoms with Crippen LogP contribution >= 0.6 is 15.9 Å². The monoisotopic (exact) mass is 332 g/mol. The highest BCUT2D eigenvalue weighted by Crippen LogP contribution is 2.19. The molecule has 0 saturated carbocycles. The van der Waals surface area contributed by atoms with E-state index in [1.165, 1.54) is 12.1 Å². The van der Waals surface area contributed by atoms with Crippen LogP contribution in [0.25, 0.3) is 0 Å². The number of aliphatic hydroxyl groups excluding tert-OH is 1. The van der Waals surface area contributed by atoms with Gasteiger partial charge in [0.1, 0.15) is 5.82 Å². The first-order chi connectivity index (χ1) is 8.90. The number of hydrogen-bond donors (Lipinski definition) is 3. The van der Waals surface area contributed by atoms with Crippen LogP contribution < -0.4 is 10.6 Å². The number of halogens is 2. The van der Waals surface area contributed by atoms with Crippen LogP contribution in [0.5, 0.6) is 0 Å². The molecule has 1 unspecified atom stereocenters. The highest BCUT2D eigenvalue weighted by atomic mass is 79.9. The predicted molar refractivity (Wildman–Crippen MR) is 76.6 cm³/mol. The van der Waals surface area contributed by atoms with Crippen LogP contribution in [0.15, 0.2) is 22.7 Å². The van der Waals surface area contributed by atoms with Gasteiger partial charge in [-0.2, -0.15) is 0 Å². The Labute approximate surface area is 120 Å². The molecule has 0 bridgehead atoms. The van der Waals surface area contributed by atoms with Gasteiger partial charge in [-0.15, -0.1) is 0 Å². The van der Waals surface area contributed by atoms with Crippen molar-refractivity contribution in [3.05, 3.63) is 28.5 Å². The molecule has 0 heterocycles. The van der Waals surface area contributed by atoms with Crippen molar-refractivity contribution in [3.8, 4) is 0 Å². The van der Waals surface area contributed by atoms with E-state index in [0.29, 0.717) is 17.4 Å². The van der Waals surface area contributed by atoms with Crippen molar-refractivity contribution in [1.29, 1.82) is 0 Å². The largest absolute Gasteiger partial charge is 0.393 e. The number of benzene rings is 1. The van der Waals surface area contributed by atoms with Crippen molar-refractivity contribution in [2.75, 3.05) is 11.9 Å². The molecular formula is C13H18BrFN2O2. The van der Waals surface area contributed by atoms with Gasteiger partial charge in [0.25, 0.3) is 0 Å². The molecule has 0 radical (unpaired) electrons. The zero-order chi connectivity index (χ0) is 14.4. The van der Waals surface area contributed by atoms with Crippen molar-refractivity contribution >= 4 is 27.6 Å². The molecule has 1 aromatic carbocycles. The van der Waals surface area contributed by atoms with E-state index in [-0.39, 0.29) is 11.6 Å². The molecule has 4 nitrogen and oxygen atoms in total. The Bertz CT molecular complexity index is 441. The topological polar surface area (TPSA) is 61.4 Å². The molecule has 1 aromatic rings. The third kappa shape index (κ3) is 5.57. The number of carbonyl (C=O) groups excluding carboxylic acids is 1. The molecule has 1 rings (SSSR count). The van der Waals surface area contributed by atoms with Gasteiger partial charge in [-0.25, -0.2) is 9.18 Å². The van der Waals surface area contributed by atoms with Crippen LogP contribution in [0.4, 0.5) is 14.9 Å². The van der Waals surface area contributed by atoms with E-state index < -0.39 is 18.0 Å². The van der Waals surface area contributed by atoms with Gasteiger partial charge in [-0.1, -0.05) is 29.8 Å². The van der Waals surface area contributed by atoms with E-state index in [4.69, 9.17) is 0 Å². The molecule has 0 aliphatic heterocycles. The van der Waals surface area contributed by atoms with Gasteiger partial charge in [-0.3, -0.25) is 0 Å². The summed E-state index contributed by atoms with van der Waals surface area (Å²) in [6.07, 6.45) is 0.00870. The lowest BCUT2D eigenvalue weighted by molar-refractivity contribution is 0.117. The van der Waals surface area contributed by atoms with E-state index in [2.05, 4.69) is 26.6 Å². The zero-order valence-corrected chi connectivity index (χ0v) is 12.5. The maximum absolute atomic E-state index is 13.4.